The summed E-state index contributed by atoms with van der Waals surface area (Å²) in [6.45, 7) is 1.48. The van der Waals surface area contributed by atoms with Crippen LogP contribution in [0.3, 0.4) is 0 Å². The number of hydrogen-bond acceptors (Lipinski definition) is 4. The van der Waals surface area contributed by atoms with Gasteiger partial charge in [0.05, 0.1) is 11.3 Å². The predicted octanol–water partition coefficient (Wildman–Crippen LogP) is 5.19. The third-order valence-corrected chi connectivity index (χ3v) is 4.92. The normalized spacial score (nSPS) is 11.3. The van der Waals surface area contributed by atoms with Gasteiger partial charge in [-0.2, -0.15) is 0 Å². The number of carbonyl (C=O) groups excluding carboxylic acids is 2. The fourth-order valence-corrected chi connectivity index (χ4v) is 3.56. The average Bonchev–Trinajstić information content (AvgIpc) is 3.32. The lowest BCUT2D eigenvalue weighted by Gasteiger charge is -2.08. The molecule has 0 spiro atoms. The Morgan fingerprint density at radius 2 is 1.73 bits per heavy atom. The molecule has 0 aliphatic heterocycles. The Bertz CT molecular complexity index is 1240. The van der Waals surface area contributed by atoms with Gasteiger partial charge in [0.1, 0.15) is 11.5 Å². The first kappa shape index (κ1) is 19.5. The molecule has 2 aromatic heterocycles. The minimum atomic E-state index is -0.598. The molecule has 0 radical (unpaired) electrons. The zero-order chi connectivity index (χ0) is 21.1. The number of ketones is 1. The highest BCUT2D eigenvalue weighted by Gasteiger charge is 2.22. The molecular formula is C25H21NO4. The molecule has 0 fully saturated rings. The van der Waals surface area contributed by atoms with Crippen molar-refractivity contribution in [2.24, 2.45) is 7.05 Å². The number of nitrogens with zero attached hydrogens (tertiary/aromatic N) is 1. The molecule has 0 saturated heterocycles. The topological polar surface area (TPSA) is 61.4 Å². The molecule has 0 bridgehead atoms. The Balaban J connectivity index is 1.60. The number of rotatable bonds is 6. The monoisotopic (exact) mass is 399 g/mol. The van der Waals surface area contributed by atoms with E-state index in [1.165, 1.54) is 12.2 Å². The maximum absolute atomic E-state index is 13.1. The van der Waals surface area contributed by atoms with Gasteiger partial charge in [-0.05, 0) is 36.8 Å². The molecule has 0 aliphatic carbocycles. The summed E-state index contributed by atoms with van der Waals surface area (Å²) >= 11 is 0. The number of ether oxygens (including phenoxy) is 1. The van der Waals surface area contributed by atoms with Gasteiger partial charge in [0, 0.05) is 24.0 Å². The van der Waals surface area contributed by atoms with Crippen LogP contribution in [0.5, 0.6) is 0 Å². The van der Waals surface area contributed by atoms with Crippen LogP contribution in [0.15, 0.2) is 77.2 Å². The first-order valence-electron chi connectivity index (χ1n) is 9.62. The fraction of sp³-hybridized carbons (Fsp3) is 0.120. The maximum atomic E-state index is 13.1. The standard InChI is InChI=1S/C25H21NO4/c1-17-12-13-19(30-17)14-15-23(28)29-16-22(27)24-20-10-6-7-11-21(20)26(2)25(24)18-8-4-3-5-9-18/h3-15H,16H2,1-2H3/b15-14+. The van der Waals surface area contributed by atoms with Gasteiger partial charge in [-0.25, -0.2) is 4.79 Å². The second-order valence-corrected chi connectivity index (χ2v) is 6.98. The lowest BCUT2D eigenvalue weighted by molar-refractivity contribution is -0.136. The van der Waals surface area contributed by atoms with Crippen molar-refractivity contribution < 1.29 is 18.7 Å². The molecule has 4 aromatic rings. The molecule has 0 unspecified atom stereocenters. The quantitative estimate of drug-likeness (QED) is 0.254. The van der Waals surface area contributed by atoms with Gasteiger partial charge in [-0.15, -0.1) is 0 Å². The van der Waals surface area contributed by atoms with E-state index in [0.29, 0.717) is 11.3 Å². The molecule has 0 saturated carbocycles. The Labute approximate surface area is 174 Å². The molecule has 0 aliphatic rings. The van der Waals surface area contributed by atoms with Gasteiger partial charge in [-0.3, -0.25) is 4.79 Å². The second-order valence-electron chi connectivity index (χ2n) is 6.98. The van der Waals surface area contributed by atoms with E-state index in [1.807, 2.05) is 73.1 Å². The molecule has 0 N–H and O–H groups in total. The van der Waals surface area contributed by atoms with Crippen LogP contribution in [0.1, 0.15) is 21.9 Å². The summed E-state index contributed by atoms with van der Waals surface area (Å²) in [6, 6.07) is 21.0. The number of hydrogen-bond donors (Lipinski definition) is 0. The van der Waals surface area contributed by atoms with Crippen molar-refractivity contribution in [3.63, 3.8) is 0 Å². The van der Waals surface area contributed by atoms with Crippen LogP contribution in [-0.4, -0.2) is 22.9 Å². The van der Waals surface area contributed by atoms with Crippen LogP contribution >= 0.6 is 0 Å². The molecule has 2 heterocycles. The lowest BCUT2D eigenvalue weighted by Crippen LogP contribution is -2.13. The number of para-hydroxylation sites is 1. The second kappa shape index (κ2) is 8.25. The number of carbonyl (C=O) groups is 2. The first-order valence-corrected chi connectivity index (χ1v) is 9.62. The third kappa shape index (κ3) is 3.82. The number of esters is 1. The summed E-state index contributed by atoms with van der Waals surface area (Å²) < 4.78 is 12.6. The van der Waals surface area contributed by atoms with Crippen molar-refractivity contribution in [1.29, 1.82) is 0 Å². The van der Waals surface area contributed by atoms with E-state index < -0.39 is 5.97 Å². The number of furan rings is 1. The number of Topliss-reactive ketones (excluding diaryl/α,β-unsaturated/α-hetero) is 1. The number of aryl methyl sites for hydroxylation is 2. The van der Waals surface area contributed by atoms with E-state index in [1.54, 1.807) is 12.1 Å². The molecule has 5 nitrogen and oxygen atoms in total. The van der Waals surface area contributed by atoms with Gasteiger partial charge in [0.15, 0.2) is 6.61 Å². The zero-order valence-corrected chi connectivity index (χ0v) is 16.8. The highest BCUT2D eigenvalue weighted by molar-refractivity contribution is 6.14. The summed E-state index contributed by atoms with van der Waals surface area (Å²) in [7, 11) is 1.93. The van der Waals surface area contributed by atoms with E-state index in [2.05, 4.69) is 0 Å². The summed E-state index contributed by atoms with van der Waals surface area (Å²) in [5.74, 6) is 0.457. The Hall–Kier alpha value is -3.86. The zero-order valence-electron chi connectivity index (χ0n) is 16.8. The van der Waals surface area contributed by atoms with E-state index >= 15 is 0 Å². The van der Waals surface area contributed by atoms with Crippen LogP contribution in [0.4, 0.5) is 0 Å². The summed E-state index contributed by atoms with van der Waals surface area (Å²) in [5.41, 5.74) is 3.23. The molecular weight excluding hydrogens is 378 g/mol. The minimum Gasteiger partial charge on any atom is -0.462 e. The molecule has 0 amide bonds. The van der Waals surface area contributed by atoms with Crippen LogP contribution in [0, 0.1) is 6.92 Å². The molecule has 30 heavy (non-hydrogen) atoms. The lowest BCUT2D eigenvalue weighted by atomic mass is 10.0. The van der Waals surface area contributed by atoms with Crippen molar-refractivity contribution in [3.05, 3.63) is 89.9 Å². The fourth-order valence-electron chi connectivity index (χ4n) is 3.56. The maximum Gasteiger partial charge on any atom is 0.331 e. The molecule has 0 atom stereocenters. The van der Waals surface area contributed by atoms with Crippen molar-refractivity contribution in [2.75, 3.05) is 6.61 Å². The number of fused-ring (bicyclic) bond motifs is 1. The third-order valence-electron chi connectivity index (χ3n) is 4.92. The van der Waals surface area contributed by atoms with Crippen molar-refractivity contribution in [3.8, 4) is 11.3 Å². The SMILES string of the molecule is Cc1ccc(/C=C/C(=O)OCC(=O)c2c(-c3ccccc3)n(C)c3ccccc23)o1. The molecule has 4 rings (SSSR count). The van der Waals surface area contributed by atoms with Crippen molar-refractivity contribution in [1.82, 2.24) is 4.57 Å². The average molecular weight is 399 g/mol. The molecule has 2 aromatic carbocycles. The summed E-state index contributed by atoms with van der Waals surface area (Å²) in [6.07, 6.45) is 2.78. The van der Waals surface area contributed by atoms with Crippen molar-refractivity contribution in [2.45, 2.75) is 6.92 Å². The van der Waals surface area contributed by atoms with Gasteiger partial charge in [0.2, 0.25) is 5.78 Å². The van der Waals surface area contributed by atoms with Crippen LogP contribution < -0.4 is 0 Å². The number of benzene rings is 2. The Kier molecular flexibility index (Phi) is 5.35. The predicted molar refractivity (Wildman–Crippen MR) is 116 cm³/mol. The van der Waals surface area contributed by atoms with Gasteiger partial charge < -0.3 is 13.7 Å². The van der Waals surface area contributed by atoms with Crippen molar-refractivity contribution >= 4 is 28.7 Å². The first-order chi connectivity index (χ1) is 14.5. The molecule has 5 heteroatoms. The van der Waals surface area contributed by atoms with Gasteiger partial charge in [-0.1, -0.05) is 48.5 Å². The summed E-state index contributed by atoms with van der Waals surface area (Å²) in [5, 5.41) is 0.835. The highest BCUT2D eigenvalue weighted by Crippen LogP contribution is 2.33. The molecule has 150 valence electrons. The van der Waals surface area contributed by atoms with E-state index in [9.17, 15) is 9.59 Å². The minimum absolute atomic E-state index is 0.249. The Morgan fingerprint density at radius 1 is 1.00 bits per heavy atom. The van der Waals surface area contributed by atoms with Gasteiger partial charge in [0.25, 0.3) is 0 Å². The smallest absolute Gasteiger partial charge is 0.331 e. The van der Waals surface area contributed by atoms with E-state index in [-0.39, 0.29) is 12.4 Å². The summed E-state index contributed by atoms with van der Waals surface area (Å²) in [4.78, 5) is 25.2. The van der Waals surface area contributed by atoms with E-state index in [0.717, 1.165) is 27.9 Å². The number of aromatic nitrogens is 1. The van der Waals surface area contributed by atoms with Crippen LogP contribution in [-0.2, 0) is 16.6 Å². The van der Waals surface area contributed by atoms with Crippen LogP contribution in [0.25, 0.3) is 28.2 Å². The van der Waals surface area contributed by atoms with E-state index in [4.69, 9.17) is 9.15 Å². The largest absolute Gasteiger partial charge is 0.462 e. The van der Waals surface area contributed by atoms with Gasteiger partial charge >= 0.3 is 5.97 Å². The van der Waals surface area contributed by atoms with Crippen LogP contribution in [0.2, 0.25) is 0 Å². The highest BCUT2D eigenvalue weighted by atomic mass is 16.5. The Morgan fingerprint density at radius 3 is 2.47 bits per heavy atom.